The van der Waals surface area contributed by atoms with E-state index in [9.17, 15) is 4.79 Å². The smallest absolute Gasteiger partial charge is 0.321 e. The fourth-order valence-corrected chi connectivity index (χ4v) is 2.53. The molecule has 2 amide bonds. The minimum Gasteiger partial charge on any atom is -0.338 e. The van der Waals surface area contributed by atoms with E-state index in [2.05, 4.69) is 10.3 Å². The summed E-state index contributed by atoms with van der Waals surface area (Å²) in [6.45, 7) is 1.46. The number of benzene rings is 1. The van der Waals surface area contributed by atoms with E-state index < -0.39 is 0 Å². The zero-order valence-electron chi connectivity index (χ0n) is 10.8. The first kappa shape index (κ1) is 12.9. The summed E-state index contributed by atoms with van der Waals surface area (Å²) in [5.41, 5.74) is 2.50. The second kappa shape index (κ2) is 5.51. The van der Waals surface area contributed by atoms with Crippen LogP contribution in [0.2, 0.25) is 5.02 Å². The normalized spacial score (nSPS) is 15.1. The van der Waals surface area contributed by atoms with Crippen molar-refractivity contribution in [3.05, 3.63) is 47.6 Å². The average Bonchev–Trinajstić information content (AvgIpc) is 2.48. The van der Waals surface area contributed by atoms with Crippen LogP contribution in [0.5, 0.6) is 0 Å². The van der Waals surface area contributed by atoms with Gasteiger partial charge in [0, 0.05) is 30.5 Å². The van der Waals surface area contributed by atoms with Gasteiger partial charge in [0.05, 0.1) is 10.7 Å². The molecular weight excluding hydrogens is 274 g/mol. The van der Waals surface area contributed by atoms with Gasteiger partial charge >= 0.3 is 6.03 Å². The molecule has 3 rings (SSSR count). The maximum absolute atomic E-state index is 11.9. The third-order valence-corrected chi connectivity index (χ3v) is 3.57. The van der Waals surface area contributed by atoms with E-state index in [4.69, 9.17) is 11.6 Å². The molecule has 20 heavy (non-hydrogen) atoms. The molecule has 0 unspecified atom stereocenters. The number of anilines is 1. The van der Waals surface area contributed by atoms with E-state index in [-0.39, 0.29) is 6.03 Å². The molecule has 4 nitrogen and oxygen atoms in total. The standard InChI is InChI=1S/C15H14ClN3O/c16-13-6-2-7-17-14(13)11-4-1-5-12(10-11)19-9-3-8-18-15(19)20/h1-2,4-7,10H,3,8-9H2,(H,18,20). The van der Waals surface area contributed by atoms with Crippen molar-refractivity contribution in [2.75, 3.05) is 18.0 Å². The van der Waals surface area contributed by atoms with Crippen LogP contribution < -0.4 is 10.2 Å². The van der Waals surface area contributed by atoms with Crippen LogP contribution in [0.15, 0.2) is 42.6 Å². The van der Waals surface area contributed by atoms with Crippen LogP contribution in [0.3, 0.4) is 0 Å². The molecule has 1 saturated heterocycles. The van der Waals surface area contributed by atoms with Gasteiger partial charge in [-0.1, -0.05) is 23.7 Å². The summed E-state index contributed by atoms with van der Waals surface area (Å²) in [4.78, 5) is 17.9. The van der Waals surface area contributed by atoms with Gasteiger partial charge in [0.15, 0.2) is 0 Å². The van der Waals surface area contributed by atoms with Crippen LogP contribution in [-0.4, -0.2) is 24.1 Å². The fourth-order valence-electron chi connectivity index (χ4n) is 2.30. The minimum atomic E-state index is -0.0551. The Morgan fingerprint density at radius 3 is 2.95 bits per heavy atom. The van der Waals surface area contributed by atoms with Crippen LogP contribution >= 0.6 is 11.6 Å². The summed E-state index contributed by atoms with van der Waals surface area (Å²) in [5.74, 6) is 0. The molecule has 2 aromatic rings. The number of nitrogens with one attached hydrogen (secondary N) is 1. The van der Waals surface area contributed by atoms with Crippen molar-refractivity contribution in [3.63, 3.8) is 0 Å². The van der Waals surface area contributed by atoms with Crippen molar-refractivity contribution < 1.29 is 4.79 Å². The fraction of sp³-hybridized carbons (Fsp3) is 0.200. The van der Waals surface area contributed by atoms with E-state index in [1.54, 1.807) is 17.2 Å². The van der Waals surface area contributed by atoms with Crippen molar-refractivity contribution >= 4 is 23.3 Å². The zero-order valence-corrected chi connectivity index (χ0v) is 11.6. The number of carbonyl (C=O) groups is 1. The highest BCUT2D eigenvalue weighted by Gasteiger charge is 2.19. The highest BCUT2D eigenvalue weighted by molar-refractivity contribution is 6.33. The number of hydrogen-bond donors (Lipinski definition) is 1. The van der Waals surface area contributed by atoms with Crippen molar-refractivity contribution in [1.29, 1.82) is 0 Å². The van der Waals surface area contributed by atoms with Crippen LogP contribution in [0, 0.1) is 0 Å². The van der Waals surface area contributed by atoms with Gasteiger partial charge in [-0.3, -0.25) is 9.88 Å². The number of halogens is 1. The van der Waals surface area contributed by atoms with E-state index >= 15 is 0 Å². The van der Waals surface area contributed by atoms with Gasteiger partial charge in [0.1, 0.15) is 0 Å². The Bertz CT molecular complexity index is 645. The van der Waals surface area contributed by atoms with Gasteiger partial charge in [0.25, 0.3) is 0 Å². The number of pyridine rings is 1. The van der Waals surface area contributed by atoms with Gasteiger partial charge in [-0.25, -0.2) is 4.79 Å². The number of amides is 2. The molecule has 5 heteroatoms. The van der Waals surface area contributed by atoms with Crippen molar-refractivity contribution in [3.8, 4) is 11.3 Å². The SMILES string of the molecule is O=C1NCCCN1c1cccc(-c2ncccc2Cl)c1. The number of urea groups is 1. The maximum Gasteiger partial charge on any atom is 0.321 e. The van der Waals surface area contributed by atoms with E-state index in [1.165, 1.54) is 0 Å². The van der Waals surface area contributed by atoms with Crippen molar-refractivity contribution in [2.24, 2.45) is 0 Å². The van der Waals surface area contributed by atoms with Gasteiger partial charge in [-0.2, -0.15) is 0 Å². The molecule has 0 saturated carbocycles. The number of carbonyl (C=O) groups excluding carboxylic acids is 1. The van der Waals surface area contributed by atoms with Crippen LogP contribution in [0.25, 0.3) is 11.3 Å². The summed E-state index contributed by atoms with van der Waals surface area (Å²) in [7, 11) is 0. The summed E-state index contributed by atoms with van der Waals surface area (Å²) in [5, 5.41) is 3.45. The molecule has 0 atom stereocenters. The lowest BCUT2D eigenvalue weighted by molar-refractivity contribution is 0.243. The first-order valence-electron chi connectivity index (χ1n) is 6.52. The van der Waals surface area contributed by atoms with E-state index in [0.717, 1.165) is 36.5 Å². The molecule has 1 aromatic carbocycles. The third kappa shape index (κ3) is 2.47. The monoisotopic (exact) mass is 287 g/mol. The Morgan fingerprint density at radius 1 is 1.25 bits per heavy atom. The summed E-state index contributed by atoms with van der Waals surface area (Å²) in [6, 6.07) is 11.3. The molecule has 0 radical (unpaired) electrons. The first-order valence-corrected chi connectivity index (χ1v) is 6.90. The molecule has 0 spiro atoms. The maximum atomic E-state index is 11.9. The first-order chi connectivity index (χ1) is 9.75. The zero-order chi connectivity index (χ0) is 13.9. The number of nitrogens with zero attached hydrogens (tertiary/aromatic N) is 2. The van der Waals surface area contributed by atoms with Crippen molar-refractivity contribution in [2.45, 2.75) is 6.42 Å². The molecule has 1 aromatic heterocycles. The topological polar surface area (TPSA) is 45.2 Å². The largest absolute Gasteiger partial charge is 0.338 e. The molecule has 1 aliphatic heterocycles. The molecule has 1 fully saturated rings. The Balaban J connectivity index is 1.98. The molecule has 2 heterocycles. The van der Waals surface area contributed by atoms with Crippen molar-refractivity contribution in [1.82, 2.24) is 10.3 Å². The quantitative estimate of drug-likeness (QED) is 0.921. The van der Waals surface area contributed by atoms with Gasteiger partial charge in [0.2, 0.25) is 0 Å². The second-order valence-corrected chi connectivity index (χ2v) is 5.03. The molecule has 1 N–H and O–H groups in total. The predicted molar refractivity (Wildman–Crippen MR) is 80.0 cm³/mol. The Hall–Kier alpha value is -2.07. The Labute approximate surface area is 122 Å². The van der Waals surface area contributed by atoms with Gasteiger partial charge in [-0.15, -0.1) is 0 Å². The molecule has 102 valence electrons. The van der Waals surface area contributed by atoms with Crippen LogP contribution in [0.1, 0.15) is 6.42 Å². The molecule has 1 aliphatic rings. The lowest BCUT2D eigenvalue weighted by atomic mass is 10.1. The van der Waals surface area contributed by atoms with Gasteiger partial charge in [-0.05, 0) is 30.7 Å². The van der Waals surface area contributed by atoms with Crippen LogP contribution in [-0.2, 0) is 0 Å². The Kier molecular flexibility index (Phi) is 3.56. The highest BCUT2D eigenvalue weighted by atomic mass is 35.5. The van der Waals surface area contributed by atoms with E-state index in [0.29, 0.717) is 5.02 Å². The number of hydrogen-bond acceptors (Lipinski definition) is 2. The highest BCUT2D eigenvalue weighted by Crippen LogP contribution is 2.28. The lowest BCUT2D eigenvalue weighted by Gasteiger charge is -2.27. The second-order valence-electron chi connectivity index (χ2n) is 4.62. The molecule has 0 aliphatic carbocycles. The van der Waals surface area contributed by atoms with E-state index in [1.807, 2.05) is 30.3 Å². The van der Waals surface area contributed by atoms with Gasteiger partial charge < -0.3 is 5.32 Å². The number of aromatic nitrogens is 1. The predicted octanol–water partition coefficient (Wildman–Crippen LogP) is 3.32. The third-order valence-electron chi connectivity index (χ3n) is 3.27. The van der Waals surface area contributed by atoms with Crippen LogP contribution in [0.4, 0.5) is 10.5 Å². The summed E-state index contributed by atoms with van der Waals surface area (Å²) < 4.78 is 0. The summed E-state index contributed by atoms with van der Waals surface area (Å²) in [6.07, 6.45) is 2.65. The summed E-state index contributed by atoms with van der Waals surface area (Å²) >= 11 is 6.17. The average molecular weight is 288 g/mol. The minimum absolute atomic E-state index is 0.0551. The molecular formula is C15H14ClN3O. The lowest BCUT2D eigenvalue weighted by Crippen LogP contribution is -2.46. The Morgan fingerprint density at radius 2 is 2.15 bits per heavy atom. The molecule has 0 bridgehead atoms. The number of rotatable bonds is 2.